The van der Waals surface area contributed by atoms with E-state index in [9.17, 15) is 9.90 Å². The molecule has 2 N–H and O–H groups in total. The van der Waals surface area contributed by atoms with E-state index in [0.717, 1.165) is 29.4 Å². The van der Waals surface area contributed by atoms with Crippen LogP contribution < -0.4 is 5.32 Å². The van der Waals surface area contributed by atoms with Crippen molar-refractivity contribution in [2.24, 2.45) is 0 Å². The van der Waals surface area contributed by atoms with Crippen molar-refractivity contribution in [2.45, 2.75) is 19.8 Å². The van der Waals surface area contributed by atoms with Gasteiger partial charge in [0.1, 0.15) is 5.75 Å². The number of nitrogens with one attached hydrogen (secondary N) is 1. The molecule has 0 fully saturated rings. The Morgan fingerprint density at radius 1 is 1.24 bits per heavy atom. The summed E-state index contributed by atoms with van der Waals surface area (Å²) < 4.78 is 0. The zero-order chi connectivity index (χ0) is 15.2. The number of hydrogen-bond acceptors (Lipinski definition) is 2. The van der Waals surface area contributed by atoms with Crippen molar-refractivity contribution in [3.8, 4) is 5.75 Å². The van der Waals surface area contributed by atoms with Crippen molar-refractivity contribution in [1.82, 2.24) is 0 Å². The molecule has 1 amide bonds. The Kier molecular flexibility index (Phi) is 5.39. The summed E-state index contributed by atoms with van der Waals surface area (Å²) >= 11 is 3.42. The van der Waals surface area contributed by atoms with Gasteiger partial charge in [0.15, 0.2) is 0 Å². The molecule has 2 aromatic carbocycles. The lowest BCUT2D eigenvalue weighted by atomic mass is 10.1. The minimum Gasteiger partial charge on any atom is -0.508 e. The van der Waals surface area contributed by atoms with Crippen molar-refractivity contribution in [3.63, 3.8) is 0 Å². The first-order valence-electron chi connectivity index (χ1n) is 6.86. The van der Waals surface area contributed by atoms with Gasteiger partial charge in [0.25, 0.3) is 5.91 Å². The molecule has 110 valence electrons. The number of amides is 1. The van der Waals surface area contributed by atoms with E-state index in [1.165, 1.54) is 11.6 Å². The Morgan fingerprint density at radius 2 is 2.05 bits per heavy atom. The molecule has 0 atom stereocenters. The van der Waals surface area contributed by atoms with E-state index >= 15 is 0 Å². The molecule has 2 aromatic rings. The second-order valence-corrected chi connectivity index (χ2v) is 5.74. The number of aryl methyl sites for hydroxylation is 2. The molecular formula is C17H18BrNO2. The van der Waals surface area contributed by atoms with Crippen LogP contribution in [-0.4, -0.2) is 16.3 Å². The maximum Gasteiger partial charge on any atom is 0.255 e. The highest BCUT2D eigenvalue weighted by atomic mass is 79.9. The third-order valence-electron chi connectivity index (χ3n) is 3.26. The zero-order valence-corrected chi connectivity index (χ0v) is 13.5. The topological polar surface area (TPSA) is 49.3 Å². The number of aromatic hydroxyl groups is 1. The number of phenolic OH excluding ortho intramolecular Hbond substituents is 1. The SMILES string of the molecule is Cc1ccc(C(=O)Nc2cccc(CCCBr)c2)cc1O. The Hall–Kier alpha value is -1.81. The first kappa shape index (κ1) is 15.6. The van der Waals surface area contributed by atoms with Gasteiger partial charge in [-0.2, -0.15) is 0 Å². The molecule has 0 bridgehead atoms. The van der Waals surface area contributed by atoms with Gasteiger partial charge < -0.3 is 10.4 Å². The summed E-state index contributed by atoms with van der Waals surface area (Å²) in [7, 11) is 0. The van der Waals surface area contributed by atoms with Crippen LogP contribution in [0.2, 0.25) is 0 Å². The van der Waals surface area contributed by atoms with Gasteiger partial charge in [-0.25, -0.2) is 0 Å². The number of hydrogen-bond donors (Lipinski definition) is 2. The average Bonchev–Trinajstić information content (AvgIpc) is 2.48. The molecule has 0 aliphatic carbocycles. The van der Waals surface area contributed by atoms with Crippen LogP contribution in [-0.2, 0) is 6.42 Å². The molecule has 0 aliphatic heterocycles. The highest BCUT2D eigenvalue weighted by Crippen LogP contribution is 2.19. The van der Waals surface area contributed by atoms with Crippen molar-refractivity contribution in [1.29, 1.82) is 0 Å². The maximum atomic E-state index is 12.2. The van der Waals surface area contributed by atoms with E-state index in [1.54, 1.807) is 19.1 Å². The highest BCUT2D eigenvalue weighted by Gasteiger charge is 2.08. The predicted molar refractivity (Wildman–Crippen MR) is 89.4 cm³/mol. The summed E-state index contributed by atoms with van der Waals surface area (Å²) in [5, 5.41) is 13.5. The van der Waals surface area contributed by atoms with Gasteiger partial charge in [-0.05, 0) is 55.2 Å². The van der Waals surface area contributed by atoms with Gasteiger partial charge in [0.2, 0.25) is 0 Å². The second-order valence-electron chi connectivity index (χ2n) is 4.95. The molecule has 0 heterocycles. The lowest BCUT2D eigenvalue weighted by molar-refractivity contribution is 0.102. The molecule has 0 unspecified atom stereocenters. The third-order valence-corrected chi connectivity index (χ3v) is 3.82. The van der Waals surface area contributed by atoms with Gasteiger partial charge in [0, 0.05) is 16.6 Å². The number of carbonyl (C=O) groups is 1. The summed E-state index contributed by atoms with van der Waals surface area (Å²) in [4.78, 5) is 12.2. The van der Waals surface area contributed by atoms with Crippen molar-refractivity contribution in [2.75, 3.05) is 10.6 Å². The smallest absolute Gasteiger partial charge is 0.255 e. The van der Waals surface area contributed by atoms with Gasteiger partial charge in [-0.15, -0.1) is 0 Å². The Morgan fingerprint density at radius 3 is 2.76 bits per heavy atom. The van der Waals surface area contributed by atoms with Crippen LogP contribution in [0.1, 0.15) is 27.9 Å². The van der Waals surface area contributed by atoms with Crippen LogP contribution in [0.5, 0.6) is 5.75 Å². The Bertz CT molecular complexity index is 640. The molecule has 2 rings (SSSR count). The summed E-state index contributed by atoms with van der Waals surface area (Å²) in [6.45, 7) is 1.80. The van der Waals surface area contributed by atoms with Crippen LogP contribution in [0, 0.1) is 6.92 Å². The monoisotopic (exact) mass is 347 g/mol. The average molecular weight is 348 g/mol. The van der Waals surface area contributed by atoms with E-state index in [-0.39, 0.29) is 11.7 Å². The van der Waals surface area contributed by atoms with Crippen LogP contribution in [0.3, 0.4) is 0 Å². The Balaban J connectivity index is 2.10. The molecule has 0 saturated heterocycles. The summed E-state index contributed by atoms with van der Waals surface area (Å²) in [6, 6.07) is 12.8. The first-order valence-corrected chi connectivity index (χ1v) is 7.98. The van der Waals surface area contributed by atoms with E-state index in [4.69, 9.17) is 0 Å². The quantitative estimate of drug-likeness (QED) is 0.793. The third kappa shape index (κ3) is 4.33. The molecule has 0 spiro atoms. The zero-order valence-electron chi connectivity index (χ0n) is 11.9. The number of benzene rings is 2. The van der Waals surface area contributed by atoms with Gasteiger partial charge in [0.05, 0.1) is 0 Å². The fourth-order valence-corrected chi connectivity index (χ4v) is 2.31. The lowest BCUT2D eigenvalue weighted by Gasteiger charge is -2.08. The number of carbonyl (C=O) groups excluding carboxylic acids is 1. The summed E-state index contributed by atoms with van der Waals surface area (Å²) in [5.74, 6) is -0.0864. The normalized spacial score (nSPS) is 10.4. The minimum atomic E-state index is -0.219. The van der Waals surface area contributed by atoms with Gasteiger partial charge in [-0.3, -0.25) is 4.79 Å². The van der Waals surface area contributed by atoms with Crippen LogP contribution >= 0.6 is 15.9 Å². The minimum absolute atomic E-state index is 0.133. The first-order chi connectivity index (χ1) is 10.1. The predicted octanol–water partition coefficient (Wildman–Crippen LogP) is 4.28. The van der Waals surface area contributed by atoms with E-state index in [0.29, 0.717) is 5.56 Å². The summed E-state index contributed by atoms with van der Waals surface area (Å²) in [6.07, 6.45) is 2.03. The largest absolute Gasteiger partial charge is 0.508 e. The molecule has 0 aliphatic rings. The molecule has 3 nitrogen and oxygen atoms in total. The molecule has 0 radical (unpaired) electrons. The van der Waals surface area contributed by atoms with Gasteiger partial charge >= 0.3 is 0 Å². The molecular weight excluding hydrogens is 330 g/mol. The second kappa shape index (κ2) is 7.27. The number of halogens is 1. The van der Waals surface area contributed by atoms with Crippen LogP contribution in [0.4, 0.5) is 5.69 Å². The number of phenols is 1. The van der Waals surface area contributed by atoms with Crippen LogP contribution in [0.15, 0.2) is 42.5 Å². The molecule has 0 saturated carbocycles. The fourth-order valence-electron chi connectivity index (χ4n) is 2.03. The van der Waals surface area contributed by atoms with E-state index in [1.807, 2.05) is 18.2 Å². The Labute approximate surface area is 133 Å². The van der Waals surface area contributed by atoms with Crippen molar-refractivity contribution < 1.29 is 9.90 Å². The standard InChI is InChI=1S/C17H18BrNO2/c1-12-7-8-14(11-16(12)20)17(21)19-15-6-2-4-13(10-15)5-3-9-18/h2,4,6-8,10-11,20H,3,5,9H2,1H3,(H,19,21). The fraction of sp³-hybridized carbons (Fsp3) is 0.235. The highest BCUT2D eigenvalue weighted by molar-refractivity contribution is 9.09. The number of alkyl halides is 1. The molecule has 21 heavy (non-hydrogen) atoms. The number of anilines is 1. The molecule has 0 aromatic heterocycles. The summed E-state index contributed by atoms with van der Waals surface area (Å²) in [5.41, 5.74) is 3.17. The van der Waals surface area contributed by atoms with Crippen molar-refractivity contribution >= 4 is 27.5 Å². The van der Waals surface area contributed by atoms with Crippen LogP contribution in [0.25, 0.3) is 0 Å². The van der Waals surface area contributed by atoms with Crippen molar-refractivity contribution in [3.05, 3.63) is 59.2 Å². The van der Waals surface area contributed by atoms with E-state index < -0.39 is 0 Å². The molecule has 4 heteroatoms. The maximum absolute atomic E-state index is 12.2. The van der Waals surface area contributed by atoms with Gasteiger partial charge in [-0.1, -0.05) is 34.1 Å². The van der Waals surface area contributed by atoms with E-state index in [2.05, 4.69) is 27.3 Å². The number of rotatable bonds is 5. The lowest BCUT2D eigenvalue weighted by Crippen LogP contribution is -2.12.